The van der Waals surface area contributed by atoms with E-state index in [1.54, 1.807) is 6.33 Å². The van der Waals surface area contributed by atoms with Crippen LogP contribution in [0.2, 0.25) is 0 Å². The van der Waals surface area contributed by atoms with Crippen molar-refractivity contribution in [3.63, 3.8) is 0 Å². The largest absolute Gasteiger partial charge is 0.365 e. The molecule has 0 atom stereocenters. The molecule has 0 radical (unpaired) electrons. The van der Waals surface area contributed by atoms with E-state index >= 15 is 0 Å². The molecule has 6 heteroatoms. The van der Waals surface area contributed by atoms with Crippen LogP contribution >= 0.6 is 0 Å². The van der Waals surface area contributed by atoms with Gasteiger partial charge in [0.25, 0.3) is 0 Å². The number of nitrogens with one attached hydrogen (secondary N) is 1. The van der Waals surface area contributed by atoms with Gasteiger partial charge in [0, 0.05) is 29.9 Å². The van der Waals surface area contributed by atoms with Gasteiger partial charge in [-0.25, -0.2) is 24.3 Å². The average Bonchev–Trinajstić information content (AvgIpc) is 2.79. The second-order valence-corrected chi connectivity index (χ2v) is 7.81. The molecule has 0 saturated heterocycles. The van der Waals surface area contributed by atoms with E-state index in [9.17, 15) is 4.39 Å². The molecule has 1 N–H and O–H groups in total. The normalized spacial score (nSPS) is 13.2. The standard InChI is InChI=1S/C24H22FN5.C2H6/c1-15-26-11-16(12-27-15)13-28-24-22-10-19(17-5-7-20(25)8-6-17)9-21(18-3-2-4-18)23(22)29-14-30-24;1-2/h5-12,14,18H,2-4,13H2,1H3,(H,28,29,30);1-2H3. The molecule has 32 heavy (non-hydrogen) atoms. The Balaban J connectivity index is 0.00000119. The summed E-state index contributed by atoms with van der Waals surface area (Å²) in [5.74, 6) is 1.82. The van der Waals surface area contributed by atoms with Gasteiger partial charge in [0.1, 0.15) is 23.8 Å². The summed E-state index contributed by atoms with van der Waals surface area (Å²) in [7, 11) is 0. The summed E-state index contributed by atoms with van der Waals surface area (Å²) in [5, 5.41) is 4.40. The van der Waals surface area contributed by atoms with E-state index < -0.39 is 0 Å². The van der Waals surface area contributed by atoms with Gasteiger partial charge in [0.2, 0.25) is 0 Å². The molecule has 0 unspecified atom stereocenters. The van der Waals surface area contributed by atoms with Crippen molar-refractivity contribution in [3.8, 4) is 11.1 Å². The first-order valence-electron chi connectivity index (χ1n) is 11.2. The molecule has 2 heterocycles. The third-order valence-electron chi connectivity index (χ3n) is 5.79. The molecule has 2 aromatic carbocycles. The Morgan fingerprint density at radius 2 is 1.66 bits per heavy atom. The van der Waals surface area contributed by atoms with Gasteiger partial charge in [-0.3, -0.25) is 0 Å². The van der Waals surface area contributed by atoms with Gasteiger partial charge in [-0.05, 0) is 66.6 Å². The Bertz CT molecular complexity index is 1190. The minimum Gasteiger partial charge on any atom is -0.365 e. The van der Waals surface area contributed by atoms with Crippen molar-refractivity contribution in [2.75, 3.05) is 5.32 Å². The molecule has 0 aliphatic heterocycles. The fraction of sp³-hybridized carbons (Fsp3) is 0.308. The highest BCUT2D eigenvalue weighted by Gasteiger charge is 2.24. The lowest BCUT2D eigenvalue weighted by atomic mass is 9.78. The maximum Gasteiger partial charge on any atom is 0.137 e. The summed E-state index contributed by atoms with van der Waals surface area (Å²) in [4.78, 5) is 17.6. The first kappa shape index (κ1) is 21.8. The summed E-state index contributed by atoms with van der Waals surface area (Å²) in [6.45, 7) is 6.44. The summed E-state index contributed by atoms with van der Waals surface area (Å²) in [6, 6.07) is 11.0. The van der Waals surface area contributed by atoms with Crippen molar-refractivity contribution in [2.45, 2.75) is 52.5 Å². The molecule has 0 bridgehead atoms. The average molecular weight is 430 g/mol. The Morgan fingerprint density at radius 1 is 0.938 bits per heavy atom. The zero-order valence-electron chi connectivity index (χ0n) is 18.8. The first-order valence-corrected chi connectivity index (χ1v) is 11.2. The van der Waals surface area contributed by atoms with E-state index in [-0.39, 0.29) is 5.82 Å². The topological polar surface area (TPSA) is 63.6 Å². The second-order valence-electron chi connectivity index (χ2n) is 7.81. The highest BCUT2D eigenvalue weighted by molar-refractivity contribution is 5.95. The molecule has 2 aromatic heterocycles. The molecule has 164 valence electrons. The highest BCUT2D eigenvalue weighted by Crippen LogP contribution is 2.42. The molecule has 1 aliphatic carbocycles. The zero-order chi connectivity index (χ0) is 22.5. The Hall–Kier alpha value is -3.41. The van der Waals surface area contributed by atoms with Gasteiger partial charge in [0.15, 0.2) is 0 Å². The third kappa shape index (κ3) is 4.59. The summed E-state index contributed by atoms with van der Waals surface area (Å²) >= 11 is 0. The highest BCUT2D eigenvalue weighted by atomic mass is 19.1. The Kier molecular flexibility index (Phi) is 6.69. The van der Waals surface area contributed by atoms with Crippen molar-refractivity contribution in [1.29, 1.82) is 0 Å². The van der Waals surface area contributed by atoms with Crippen LogP contribution in [0.4, 0.5) is 10.2 Å². The fourth-order valence-electron chi connectivity index (χ4n) is 3.87. The molecular weight excluding hydrogens is 401 g/mol. The van der Waals surface area contributed by atoms with Crippen LogP contribution in [0.5, 0.6) is 0 Å². The van der Waals surface area contributed by atoms with E-state index in [0.717, 1.165) is 39.2 Å². The lowest BCUT2D eigenvalue weighted by Gasteiger charge is -2.27. The number of aromatic nitrogens is 4. The molecule has 5 nitrogen and oxygen atoms in total. The maximum absolute atomic E-state index is 13.4. The molecule has 1 saturated carbocycles. The van der Waals surface area contributed by atoms with Gasteiger partial charge < -0.3 is 5.32 Å². The van der Waals surface area contributed by atoms with E-state index in [1.807, 2.05) is 45.3 Å². The van der Waals surface area contributed by atoms with Crippen molar-refractivity contribution in [2.24, 2.45) is 0 Å². The predicted molar refractivity (Wildman–Crippen MR) is 127 cm³/mol. The molecule has 0 spiro atoms. The molecule has 1 aliphatic rings. The van der Waals surface area contributed by atoms with Crippen LogP contribution < -0.4 is 5.32 Å². The molecule has 1 fully saturated rings. The van der Waals surface area contributed by atoms with Crippen LogP contribution in [-0.4, -0.2) is 19.9 Å². The van der Waals surface area contributed by atoms with Crippen LogP contribution in [0.25, 0.3) is 22.0 Å². The lowest BCUT2D eigenvalue weighted by Crippen LogP contribution is -2.11. The summed E-state index contributed by atoms with van der Waals surface area (Å²) < 4.78 is 13.4. The van der Waals surface area contributed by atoms with E-state index in [4.69, 9.17) is 0 Å². The smallest absolute Gasteiger partial charge is 0.137 e. The van der Waals surface area contributed by atoms with Crippen LogP contribution in [0.3, 0.4) is 0 Å². The SMILES string of the molecule is CC.Cc1ncc(CNc2ncnc3c(C4CCC4)cc(-c4ccc(F)cc4)cc23)cn1. The molecule has 0 amide bonds. The van der Waals surface area contributed by atoms with Crippen LogP contribution in [0, 0.1) is 12.7 Å². The lowest BCUT2D eigenvalue weighted by molar-refractivity contribution is 0.422. The Morgan fingerprint density at radius 3 is 2.31 bits per heavy atom. The number of nitrogens with zero attached hydrogens (tertiary/aromatic N) is 4. The minimum atomic E-state index is -0.232. The molecule has 4 aromatic rings. The molecule has 5 rings (SSSR count). The van der Waals surface area contributed by atoms with Crippen molar-refractivity contribution < 1.29 is 4.39 Å². The maximum atomic E-state index is 13.4. The Labute approximate surface area is 188 Å². The van der Waals surface area contributed by atoms with Crippen molar-refractivity contribution >= 4 is 16.7 Å². The van der Waals surface area contributed by atoms with Gasteiger partial charge >= 0.3 is 0 Å². The number of fused-ring (bicyclic) bond motifs is 1. The van der Waals surface area contributed by atoms with Crippen LogP contribution in [0.1, 0.15) is 56.0 Å². The van der Waals surface area contributed by atoms with Gasteiger partial charge in [-0.1, -0.05) is 32.4 Å². The summed E-state index contributed by atoms with van der Waals surface area (Å²) in [6.07, 6.45) is 8.86. The van der Waals surface area contributed by atoms with Gasteiger partial charge in [-0.15, -0.1) is 0 Å². The minimum absolute atomic E-state index is 0.232. The fourth-order valence-corrected chi connectivity index (χ4v) is 3.87. The zero-order valence-corrected chi connectivity index (χ0v) is 18.8. The van der Waals surface area contributed by atoms with E-state index in [1.165, 1.54) is 37.0 Å². The monoisotopic (exact) mass is 429 g/mol. The number of hydrogen-bond acceptors (Lipinski definition) is 5. The number of aryl methyl sites for hydroxylation is 1. The number of rotatable bonds is 5. The van der Waals surface area contributed by atoms with E-state index in [0.29, 0.717) is 12.5 Å². The van der Waals surface area contributed by atoms with Crippen LogP contribution in [0.15, 0.2) is 55.1 Å². The second kappa shape index (κ2) is 9.81. The first-order chi connectivity index (χ1) is 15.7. The molecular formula is C26H28FN5. The van der Waals surface area contributed by atoms with Gasteiger partial charge in [0.05, 0.1) is 5.52 Å². The van der Waals surface area contributed by atoms with Crippen molar-refractivity contribution in [3.05, 3.63) is 77.9 Å². The quantitative estimate of drug-likeness (QED) is 0.395. The van der Waals surface area contributed by atoms with Gasteiger partial charge in [-0.2, -0.15) is 0 Å². The third-order valence-corrected chi connectivity index (χ3v) is 5.79. The number of benzene rings is 2. The number of anilines is 1. The summed E-state index contributed by atoms with van der Waals surface area (Å²) in [5.41, 5.74) is 5.27. The number of hydrogen-bond donors (Lipinski definition) is 1. The predicted octanol–water partition coefficient (Wildman–Crippen LogP) is 6.44. The van der Waals surface area contributed by atoms with E-state index in [2.05, 4.69) is 37.4 Å². The van der Waals surface area contributed by atoms with Crippen LogP contribution in [-0.2, 0) is 6.54 Å². The number of halogens is 1. The van der Waals surface area contributed by atoms with Crippen molar-refractivity contribution in [1.82, 2.24) is 19.9 Å².